The van der Waals surface area contributed by atoms with Crippen LogP contribution in [0.5, 0.6) is 0 Å². The minimum atomic E-state index is -0.277. The van der Waals surface area contributed by atoms with Gasteiger partial charge in [0, 0.05) is 32.6 Å². The Bertz CT molecular complexity index is 874. The molecule has 4 aliphatic carbocycles. The summed E-state index contributed by atoms with van der Waals surface area (Å²) in [5.74, 6) is 3.29. The van der Waals surface area contributed by atoms with Gasteiger partial charge in [0.1, 0.15) is 0 Å². The first kappa shape index (κ1) is 28.2. The lowest BCUT2D eigenvalue weighted by molar-refractivity contribution is -0.174. The number of nitrogens with zero attached hydrogens (tertiary/aromatic N) is 2. The quantitative estimate of drug-likeness (QED) is 0.536. The Labute approximate surface area is 229 Å². The molecule has 0 radical (unpaired) electrons. The first-order valence-corrected chi connectivity index (χ1v) is 15.6. The van der Waals surface area contributed by atoms with Gasteiger partial charge in [-0.05, 0) is 111 Å². The van der Waals surface area contributed by atoms with Crippen LogP contribution in [0.4, 0.5) is 4.79 Å². The van der Waals surface area contributed by atoms with Gasteiger partial charge in [-0.2, -0.15) is 0 Å². The summed E-state index contributed by atoms with van der Waals surface area (Å²) < 4.78 is 5.10. The zero-order chi connectivity index (χ0) is 27.2. The fraction of sp³-hybridized carbons (Fsp3) is 0.935. The van der Waals surface area contributed by atoms with E-state index in [0.717, 1.165) is 32.1 Å². The lowest BCUT2D eigenvalue weighted by Crippen LogP contribution is -2.58. The topological polar surface area (TPSA) is 90.3 Å². The van der Waals surface area contributed by atoms with Gasteiger partial charge in [-0.3, -0.25) is 4.79 Å². The number of hydrogen-bond acceptors (Lipinski definition) is 5. The van der Waals surface area contributed by atoms with Crippen molar-refractivity contribution in [3.05, 3.63) is 0 Å². The van der Waals surface area contributed by atoms with Crippen molar-refractivity contribution < 1.29 is 24.5 Å². The van der Waals surface area contributed by atoms with Gasteiger partial charge in [0.15, 0.2) is 0 Å². The third-order valence-electron chi connectivity index (χ3n) is 12.4. The van der Waals surface area contributed by atoms with Gasteiger partial charge in [-0.15, -0.1) is 0 Å². The number of hydrogen-bond donors (Lipinski definition) is 2. The molecule has 0 aromatic heterocycles. The molecule has 0 aromatic carbocycles. The van der Waals surface area contributed by atoms with Crippen molar-refractivity contribution in [2.45, 2.75) is 104 Å². The average molecular weight is 533 g/mol. The molecule has 10 atom stereocenters. The van der Waals surface area contributed by atoms with Crippen LogP contribution in [-0.4, -0.2) is 77.0 Å². The molecule has 5 rings (SSSR count). The summed E-state index contributed by atoms with van der Waals surface area (Å²) in [5, 5.41) is 21.8. The number of amides is 2. The average Bonchev–Trinajstić information content (AvgIpc) is 3.25. The number of carbonyl (C=O) groups excluding carboxylic acids is 2. The van der Waals surface area contributed by atoms with E-state index in [9.17, 15) is 19.8 Å². The molecule has 4 saturated carbocycles. The Morgan fingerprint density at radius 2 is 1.58 bits per heavy atom. The monoisotopic (exact) mass is 532 g/mol. The predicted octanol–water partition coefficient (Wildman–Crippen LogP) is 4.69. The third-order valence-corrected chi connectivity index (χ3v) is 12.4. The van der Waals surface area contributed by atoms with Crippen LogP contribution in [0.15, 0.2) is 0 Å². The highest BCUT2D eigenvalue weighted by Crippen LogP contribution is 2.68. The number of aliphatic hydroxyl groups is 2. The van der Waals surface area contributed by atoms with Gasteiger partial charge in [-0.25, -0.2) is 4.79 Å². The normalized spacial score (nSPS) is 43.6. The van der Waals surface area contributed by atoms with Crippen LogP contribution < -0.4 is 0 Å². The molecule has 0 aromatic rings. The Morgan fingerprint density at radius 1 is 0.921 bits per heavy atom. The summed E-state index contributed by atoms with van der Waals surface area (Å²) in [5.41, 5.74) is 0.505. The first-order chi connectivity index (χ1) is 18.1. The van der Waals surface area contributed by atoms with Gasteiger partial charge >= 0.3 is 6.09 Å². The van der Waals surface area contributed by atoms with Gasteiger partial charge in [0.05, 0.1) is 18.8 Å². The van der Waals surface area contributed by atoms with E-state index >= 15 is 0 Å². The largest absolute Gasteiger partial charge is 0.450 e. The number of piperazine rings is 1. The van der Waals surface area contributed by atoms with Gasteiger partial charge in [0.2, 0.25) is 5.91 Å². The number of aliphatic hydroxyl groups excluding tert-OH is 2. The van der Waals surface area contributed by atoms with E-state index in [4.69, 9.17) is 4.74 Å². The second kappa shape index (κ2) is 10.9. The van der Waals surface area contributed by atoms with E-state index in [1.54, 1.807) is 4.90 Å². The molecule has 5 fully saturated rings. The van der Waals surface area contributed by atoms with Crippen molar-refractivity contribution in [1.29, 1.82) is 0 Å². The zero-order valence-corrected chi connectivity index (χ0v) is 24.2. The smallest absolute Gasteiger partial charge is 0.409 e. The van der Waals surface area contributed by atoms with E-state index < -0.39 is 0 Å². The SMILES string of the molecule is CCOC(=O)N1CCN(C(=O)CCC(C)C2CCC3C4C(O)CC5CC(O)CCC5(C)C4CCC23C)CC1. The molecule has 7 nitrogen and oxygen atoms in total. The predicted molar refractivity (Wildman–Crippen MR) is 146 cm³/mol. The standard InChI is InChI=1S/C31H52N2O5/c1-5-38-29(37)33-16-14-32(15-17-33)27(36)9-6-20(2)23-7-8-24-28-25(11-13-31(23,24)4)30(3)12-10-22(34)18-21(30)19-26(28)35/h20-26,28,34-35H,5-19H2,1-4H3. The zero-order valence-electron chi connectivity index (χ0n) is 24.2. The molecule has 5 aliphatic rings. The van der Waals surface area contributed by atoms with Crippen LogP contribution in [-0.2, 0) is 9.53 Å². The lowest BCUT2D eigenvalue weighted by atomic mass is 9.43. The van der Waals surface area contributed by atoms with E-state index in [0.29, 0.717) is 74.7 Å². The van der Waals surface area contributed by atoms with Crippen LogP contribution in [0.3, 0.4) is 0 Å². The van der Waals surface area contributed by atoms with E-state index in [2.05, 4.69) is 20.8 Å². The molecule has 2 amide bonds. The fourth-order valence-corrected chi connectivity index (χ4v) is 10.2. The summed E-state index contributed by atoms with van der Waals surface area (Å²) in [7, 11) is 0. The van der Waals surface area contributed by atoms with Crippen LogP contribution in [0.1, 0.15) is 91.9 Å². The molecule has 1 heterocycles. The van der Waals surface area contributed by atoms with Crippen molar-refractivity contribution in [3.8, 4) is 0 Å². The van der Waals surface area contributed by atoms with E-state index in [1.807, 2.05) is 11.8 Å². The van der Waals surface area contributed by atoms with Crippen LogP contribution in [0.25, 0.3) is 0 Å². The van der Waals surface area contributed by atoms with Crippen LogP contribution >= 0.6 is 0 Å². The molecular formula is C31H52N2O5. The molecule has 0 bridgehead atoms. The van der Waals surface area contributed by atoms with Crippen LogP contribution in [0.2, 0.25) is 0 Å². The molecular weight excluding hydrogens is 480 g/mol. The maximum atomic E-state index is 13.0. The first-order valence-electron chi connectivity index (χ1n) is 15.6. The molecule has 2 N–H and O–H groups in total. The molecule has 10 unspecified atom stereocenters. The second-order valence-corrected chi connectivity index (χ2v) is 14.0. The van der Waals surface area contributed by atoms with E-state index in [-0.39, 0.29) is 35.0 Å². The molecule has 1 aliphatic heterocycles. The summed E-state index contributed by atoms with van der Waals surface area (Å²) >= 11 is 0. The van der Waals surface area contributed by atoms with Gasteiger partial charge < -0.3 is 24.7 Å². The van der Waals surface area contributed by atoms with Crippen LogP contribution in [0, 0.1) is 46.3 Å². The maximum Gasteiger partial charge on any atom is 0.409 e. The second-order valence-electron chi connectivity index (χ2n) is 14.0. The summed E-state index contributed by atoms with van der Waals surface area (Å²) in [4.78, 5) is 28.6. The summed E-state index contributed by atoms with van der Waals surface area (Å²) in [6.45, 7) is 11.8. The molecule has 1 saturated heterocycles. The highest BCUT2D eigenvalue weighted by molar-refractivity contribution is 5.76. The number of rotatable bonds is 5. The molecule has 38 heavy (non-hydrogen) atoms. The fourth-order valence-electron chi connectivity index (χ4n) is 10.2. The number of carbonyl (C=O) groups is 2. The number of ether oxygens (including phenoxy) is 1. The lowest BCUT2D eigenvalue weighted by Gasteiger charge is -2.62. The van der Waals surface area contributed by atoms with Crippen molar-refractivity contribution in [1.82, 2.24) is 9.80 Å². The van der Waals surface area contributed by atoms with Crippen molar-refractivity contribution in [2.75, 3.05) is 32.8 Å². The van der Waals surface area contributed by atoms with Crippen molar-refractivity contribution >= 4 is 12.0 Å². The van der Waals surface area contributed by atoms with Gasteiger partial charge in [0.25, 0.3) is 0 Å². The van der Waals surface area contributed by atoms with E-state index in [1.165, 1.54) is 25.7 Å². The van der Waals surface area contributed by atoms with Crippen molar-refractivity contribution in [2.24, 2.45) is 46.3 Å². The summed E-state index contributed by atoms with van der Waals surface area (Å²) in [6, 6.07) is 0. The minimum absolute atomic E-state index is 0.188. The summed E-state index contributed by atoms with van der Waals surface area (Å²) in [6.07, 6.45) is 9.38. The van der Waals surface area contributed by atoms with Crippen molar-refractivity contribution in [3.63, 3.8) is 0 Å². The maximum absolute atomic E-state index is 13.0. The Kier molecular flexibility index (Phi) is 8.10. The molecule has 0 spiro atoms. The highest BCUT2D eigenvalue weighted by atomic mass is 16.6. The van der Waals surface area contributed by atoms with Gasteiger partial charge in [-0.1, -0.05) is 20.8 Å². The molecule has 216 valence electrons. The number of fused-ring (bicyclic) bond motifs is 5. The molecule has 7 heteroatoms. The Balaban J connectivity index is 1.17. The Morgan fingerprint density at radius 3 is 2.29 bits per heavy atom. The highest BCUT2D eigenvalue weighted by Gasteiger charge is 2.62. The Hall–Kier alpha value is -1.34. The third kappa shape index (κ3) is 4.88. The minimum Gasteiger partial charge on any atom is -0.450 e.